The summed E-state index contributed by atoms with van der Waals surface area (Å²) in [7, 11) is -3.65. The molecule has 0 heterocycles. The van der Waals surface area contributed by atoms with Crippen LogP contribution in [0.4, 0.5) is 0 Å². The quantitative estimate of drug-likeness (QED) is 0.875. The summed E-state index contributed by atoms with van der Waals surface area (Å²) in [6.07, 6.45) is 5.64. The predicted molar refractivity (Wildman–Crippen MR) is 79.9 cm³/mol. The second kappa shape index (κ2) is 6.58. The number of hydrogen-bond donors (Lipinski definition) is 2. The van der Waals surface area contributed by atoms with E-state index in [0.717, 1.165) is 25.7 Å². The molecule has 1 fully saturated rings. The van der Waals surface area contributed by atoms with Gasteiger partial charge in [-0.15, -0.1) is 0 Å². The molecule has 0 aliphatic heterocycles. The summed E-state index contributed by atoms with van der Waals surface area (Å²) < 4.78 is 27.1. The number of carboxylic acids is 1. The lowest BCUT2D eigenvalue weighted by atomic mass is 9.90. The van der Waals surface area contributed by atoms with Crippen molar-refractivity contribution in [2.24, 2.45) is 5.92 Å². The third kappa shape index (κ3) is 4.04. The SMILES string of the molecule is Cc1ccc(S(=O)(=O)NCC2CCCCC2)cc1C(=O)O. The first-order chi connectivity index (χ1) is 9.90. The first-order valence-electron chi connectivity index (χ1n) is 7.24. The highest BCUT2D eigenvalue weighted by atomic mass is 32.2. The molecule has 21 heavy (non-hydrogen) atoms. The standard InChI is InChI=1S/C15H21NO4S/c1-11-7-8-13(9-14(11)15(17)18)21(19,20)16-10-12-5-3-2-4-6-12/h7-9,12,16H,2-6,10H2,1H3,(H,17,18). The Bertz CT molecular complexity index is 619. The molecule has 5 nitrogen and oxygen atoms in total. The van der Waals surface area contributed by atoms with Crippen LogP contribution in [-0.2, 0) is 10.0 Å². The molecule has 1 aromatic carbocycles. The highest BCUT2D eigenvalue weighted by Gasteiger charge is 2.20. The minimum atomic E-state index is -3.65. The second-order valence-corrected chi connectivity index (χ2v) is 7.40. The van der Waals surface area contributed by atoms with Gasteiger partial charge >= 0.3 is 5.97 Å². The molecule has 1 aromatic rings. The lowest BCUT2D eigenvalue weighted by Gasteiger charge is -2.21. The minimum Gasteiger partial charge on any atom is -0.478 e. The number of carbonyl (C=O) groups is 1. The van der Waals surface area contributed by atoms with Crippen molar-refractivity contribution in [2.75, 3.05) is 6.54 Å². The van der Waals surface area contributed by atoms with E-state index in [1.54, 1.807) is 6.92 Å². The number of aromatic carboxylic acids is 1. The van der Waals surface area contributed by atoms with Crippen LogP contribution in [0.25, 0.3) is 0 Å². The maximum absolute atomic E-state index is 12.3. The summed E-state index contributed by atoms with van der Waals surface area (Å²) in [5.41, 5.74) is 0.573. The van der Waals surface area contributed by atoms with Crippen LogP contribution in [0.2, 0.25) is 0 Å². The van der Waals surface area contributed by atoms with Crippen molar-refractivity contribution in [3.8, 4) is 0 Å². The first-order valence-corrected chi connectivity index (χ1v) is 8.72. The van der Waals surface area contributed by atoms with Gasteiger partial charge in [0.25, 0.3) is 0 Å². The molecule has 0 saturated heterocycles. The van der Waals surface area contributed by atoms with Crippen LogP contribution in [0.3, 0.4) is 0 Å². The molecule has 2 rings (SSSR count). The molecule has 0 unspecified atom stereocenters. The number of hydrogen-bond acceptors (Lipinski definition) is 3. The van der Waals surface area contributed by atoms with Crippen molar-refractivity contribution < 1.29 is 18.3 Å². The summed E-state index contributed by atoms with van der Waals surface area (Å²) >= 11 is 0. The van der Waals surface area contributed by atoms with E-state index in [1.807, 2.05) is 0 Å². The minimum absolute atomic E-state index is 0.0151. The second-order valence-electron chi connectivity index (χ2n) is 5.64. The van der Waals surface area contributed by atoms with Gasteiger partial charge in [0.05, 0.1) is 10.5 Å². The Morgan fingerprint density at radius 1 is 1.29 bits per heavy atom. The summed E-state index contributed by atoms with van der Waals surface area (Å²) in [5, 5.41) is 9.07. The fourth-order valence-electron chi connectivity index (χ4n) is 2.70. The molecule has 6 heteroatoms. The Labute approximate surface area is 125 Å². The summed E-state index contributed by atoms with van der Waals surface area (Å²) in [6.45, 7) is 2.08. The molecule has 1 saturated carbocycles. The van der Waals surface area contributed by atoms with Crippen LogP contribution in [0.15, 0.2) is 23.1 Å². The van der Waals surface area contributed by atoms with E-state index in [0.29, 0.717) is 18.0 Å². The number of carboxylic acid groups (broad SMARTS) is 1. The Kier molecular flexibility index (Phi) is 5.00. The van der Waals surface area contributed by atoms with Crippen molar-refractivity contribution in [1.82, 2.24) is 4.72 Å². The largest absolute Gasteiger partial charge is 0.478 e. The number of benzene rings is 1. The zero-order chi connectivity index (χ0) is 15.5. The van der Waals surface area contributed by atoms with Gasteiger partial charge in [0.2, 0.25) is 10.0 Å². The van der Waals surface area contributed by atoms with Crippen LogP contribution in [0, 0.1) is 12.8 Å². The Hall–Kier alpha value is -1.40. The van der Waals surface area contributed by atoms with E-state index >= 15 is 0 Å². The van der Waals surface area contributed by atoms with Gasteiger partial charge in [-0.1, -0.05) is 25.3 Å². The molecule has 2 N–H and O–H groups in total. The van der Waals surface area contributed by atoms with E-state index < -0.39 is 16.0 Å². The van der Waals surface area contributed by atoms with Gasteiger partial charge < -0.3 is 5.11 Å². The van der Waals surface area contributed by atoms with Gasteiger partial charge in [-0.3, -0.25) is 0 Å². The van der Waals surface area contributed by atoms with Gasteiger partial charge in [-0.2, -0.15) is 0 Å². The van der Waals surface area contributed by atoms with Gasteiger partial charge in [0.15, 0.2) is 0 Å². The van der Waals surface area contributed by atoms with Crippen LogP contribution < -0.4 is 4.72 Å². The fraction of sp³-hybridized carbons (Fsp3) is 0.533. The number of nitrogens with one attached hydrogen (secondary N) is 1. The lowest BCUT2D eigenvalue weighted by molar-refractivity contribution is 0.0696. The third-order valence-electron chi connectivity index (χ3n) is 4.04. The van der Waals surface area contributed by atoms with E-state index in [9.17, 15) is 13.2 Å². The first kappa shape index (κ1) is 16.0. The van der Waals surface area contributed by atoms with Crippen molar-refractivity contribution in [2.45, 2.75) is 43.9 Å². The Balaban J connectivity index is 2.11. The maximum Gasteiger partial charge on any atom is 0.335 e. The molecule has 1 aliphatic carbocycles. The molecule has 0 bridgehead atoms. The molecular formula is C15H21NO4S. The topological polar surface area (TPSA) is 83.5 Å². The monoisotopic (exact) mass is 311 g/mol. The van der Waals surface area contributed by atoms with Gasteiger partial charge in [0.1, 0.15) is 0 Å². The van der Waals surface area contributed by atoms with Crippen molar-refractivity contribution in [1.29, 1.82) is 0 Å². The van der Waals surface area contributed by atoms with Crippen LogP contribution in [0.1, 0.15) is 48.0 Å². The van der Waals surface area contributed by atoms with Crippen LogP contribution >= 0.6 is 0 Å². The van der Waals surface area contributed by atoms with Crippen molar-refractivity contribution in [3.63, 3.8) is 0 Å². The molecule has 116 valence electrons. The normalized spacial score (nSPS) is 16.8. The average Bonchev–Trinajstić information content (AvgIpc) is 2.46. The fourth-order valence-corrected chi connectivity index (χ4v) is 3.84. The highest BCUT2D eigenvalue weighted by molar-refractivity contribution is 7.89. The number of rotatable bonds is 5. The van der Waals surface area contributed by atoms with E-state index in [2.05, 4.69) is 4.72 Å². The molecule has 0 spiro atoms. The van der Waals surface area contributed by atoms with Crippen LogP contribution in [-0.4, -0.2) is 26.0 Å². The third-order valence-corrected chi connectivity index (χ3v) is 5.46. The van der Waals surface area contributed by atoms with E-state index in [4.69, 9.17) is 5.11 Å². The summed E-state index contributed by atoms with van der Waals surface area (Å²) in [6, 6.07) is 4.20. The Morgan fingerprint density at radius 2 is 1.95 bits per heavy atom. The summed E-state index contributed by atoms with van der Waals surface area (Å²) in [5.74, 6) is -0.727. The van der Waals surface area contributed by atoms with Crippen LogP contribution in [0.5, 0.6) is 0 Å². The lowest BCUT2D eigenvalue weighted by Crippen LogP contribution is -2.30. The zero-order valence-electron chi connectivity index (χ0n) is 12.1. The van der Waals surface area contributed by atoms with Gasteiger partial charge in [-0.05, 0) is 43.4 Å². The number of sulfonamides is 1. The molecule has 0 radical (unpaired) electrons. The highest BCUT2D eigenvalue weighted by Crippen LogP contribution is 2.23. The molecule has 0 aromatic heterocycles. The van der Waals surface area contributed by atoms with Crippen molar-refractivity contribution in [3.05, 3.63) is 29.3 Å². The van der Waals surface area contributed by atoms with E-state index in [-0.39, 0.29) is 10.5 Å². The number of aryl methyl sites for hydroxylation is 1. The maximum atomic E-state index is 12.3. The molecular weight excluding hydrogens is 290 g/mol. The van der Waals surface area contributed by atoms with Gasteiger partial charge in [0, 0.05) is 6.54 Å². The predicted octanol–water partition coefficient (Wildman–Crippen LogP) is 2.55. The average molecular weight is 311 g/mol. The summed E-state index contributed by atoms with van der Waals surface area (Å²) in [4.78, 5) is 11.1. The van der Waals surface area contributed by atoms with Crippen molar-refractivity contribution >= 4 is 16.0 Å². The zero-order valence-corrected chi connectivity index (χ0v) is 12.9. The smallest absolute Gasteiger partial charge is 0.335 e. The Morgan fingerprint density at radius 3 is 2.57 bits per heavy atom. The molecule has 1 aliphatic rings. The van der Waals surface area contributed by atoms with E-state index in [1.165, 1.54) is 24.6 Å². The van der Waals surface area contributed by atoms with Gasteiger partial charge in [-0.25, -0.2) is 17.9 Å². The molecule has 0 atom stereocenters. The molecule has 0 amide bonds.